The second kappa shape index (κ2) is 4.46. The van der Waals surface area contributed by atoms with Crippen LogP contribution < -0.4 is 0 Å². The summed E-state index contributed by atoms with van der Waals surface area (Å²) in [6.07, 6.45) is 2.35. The van der Waals surface area contributed by atoms with Crippen LogP contribution in [0.4, 0.5) is 0 Å². The SMILES string of the molecule is O=P(O)(O)/C=C/c1ccc2c(c1)Cc1ccccc1-2. The third-order valence-corrected chi connectivity index (χ3v) is 3.82. The normalized spacial score (nSPS) is 13.6. The number of benzene rings is 2. The molecular weight excluding hydrogens is 259 g/mol. The van der Waals surface area contributed by atoms with Gasteiger partial charge in [0.15, 0.2) is 0 Å². The highest BCUT2D eigenvalue weighted by Crippen LogP contribution is 2.39. The Morgan fingerprint density at radius 2 is 1.74 bits per heavy atom. The van der Waals surface area contributed by atoms with Gasteiger partial charge in [0.05, 0.1) is 0 Å². The molecule has 3 nitrogen and oxygen atoms in total. The van der Waals surface area contributed by atoms with Gasteiger partial charge in [-0.3, -0.25) is 4.57 Å². The highest BCUT2D eigenvalue weighted by molar-refractivity contribution is 7.55. The maximum atomic E-state index is 10.8. The lowest BCUT2D eigenvalue weighted by Crippen LogP contribution is -1.82. The van der Waals surface area contributed by atoms with Crippen LogP contribution in [-0.4, -0.2) is 9.79 Å². The summed E-state index contributed by atoms with van der Waals surface area (Å²) in [6, 6.07) is 14.1. The molecule has 0 spiro atoms. The molecule has 2 aromatic rings. The molecule has 2 N–H and O–H groups in total. The van der Waals surface area contributed by atoms with Crippen molar-refractivity contribution in [1.29, 1.82) is 0 Å². The lowest BCUT2D eigenvalue weighted by atomic mass is 10.0. The van der Waals surface area contributed by atoms with E-state index in [-0.39, 0.29) is 0 Å². The molecule has 2 aromatic carbocycles. The first-order valence-electron chi connectivity index (χ1n) is 5.99. The molecule has 0 saturated heterocycles. The van der Waals surface area contributed by atoms with Gasteiger partial charge in [0.25, 0.3) is 0 Å². The summed E-state index contributed by atoms with van der Waals surface area (Å²) < 4.78 is 10.8. The zero-order valence-electron chi connectivity index (χ0n) is 10.2. The van der Waals surface area contributed by atoms with E-state index in [1.165, 1.54) is 28.3 Å². The van der Waals surface area contributed by atoms with Crippen molar-refractivity contribution in [1.82, 2.24) is 0 Å². The molecule has 0 aromatic heterocycles. The third-order valence-electron chi connectivity index (χ3n) is 3.28. The topological polar surface area (TPSA) is 57.5 Å². The Kier molecular flexibility index (Phi) is 2.90. The van der Waals surface area contributed by atoms with E-state index in [0.717, 1.165) is 17.8 Å². The maximum Gasteiger partial charge on any atom is 0.349 e. The van der Waals surface area contributed by atoms with Gasteiger partial charge in [-0.2, -0.15) is 0 Å². The van der Waals surface area contributed by atoms with Crippen molar-refractivity contribution in [2.24, 2.45) is 0 Å². The summed E-state index contributed by atoms with van der Waals surface area (Å²) in [6.45, 7) is 0. The predicted octanol–water partition coefficient (Wildman–Crippen LogP) is 3.41. The number of fused-ring (bicyclic) bond motifs is 3. The van der Waals surface area contributed by atoms with Gasteiger partial charge >= 0.3 is 7.60 Å². The minimum absolute atomic E-state index is 0.815. The fourth-order valence-corrected chi connectivity index (χ4v) is 2.82. The van der Waals surface area contributed by atoms with Crippen LogP contribution in [0.15, 0.2) is 48.3 Å². The minimum Gasteiger partial charge on any atom is -0.321 e. The van der Waals surface area contributed by atoms with Gasteiger partial charge in [-0.1, -0.05) is 42.5 Å². The van der Waals surface area contributed by atoms with E-state index in [4.69, 9.17) is 9.79 Å². The van der Waals surface area contributed by atoms with Crippen molar-refractivity contribution in [3.05, 3.63) is 65.0 Å². The van der Waals surface area contributed by atoms with Crippen LogP contribution in [0, 0.1) is 0 Å². The molecule has 4 heteroatoms. The van der Waals surface area contributed by atoms with Gasteiger partial charge < -0.3 is 9.79 Å². The summed E-state index contributed by atoms with van der Waals surface area (Å²) in [5.41, 5.74) is 5.78. The van der Waals surface area contributed by atoms with Crippen molar-refractivity contribution in [2.75, 3.05) is 0 Å². The number of hydrogen-bond donors (Lipinski definition) is 2. The maximum absolute atomic E-state index is 10.8. The third kappa shape index (κ3) is 2.54. The summed E-state index contributed by atoms with van der Waals surface area (Å²) in [5, 5.41) is 0. The van der Waals surface area contributed by atoms with Gasteiger partial charge in [-0.05, 0) is 40.3 Å². The molecule has 0 aliphatic heterocycles. The Balaban J connectivity index is 1.98. The lowest BCUT2D eigenvalue weighted by molar-refractivity contribution is 0.386. The fourth-order valence-electron chi connectivity index (χ4n) is 2.45. The van der Waals surface area contributed by atoms with Gasteiger partial charge in [-0.15, -0.1) is 0 Å². The van der Waals surface area contributed by atoms with Gasteiger partial charge in [0.2, 0.25) is 0 Å². The molecular formula is C15H13O3P. The molecule has 1 aliphatic rings. The summed E-state index contributed by atoms with van der Waals surface area (Å²) >= 11 is 0. The first-order valence-corrected chi connectivity index (χ1v) is 7.67. The molecule has 96 valence electrons. The smallest absolute Gasteiger partial charge is 0.321 e. The Hall–Kier alpha value is -1.67. The summed E-state index contributed by atoms with van der Waals surface area (Å²) in [4.78, 5) is 17.7. The van der Waals surface area contributed by atoms with Crippen LogP contribution in [0.3, 0.4) is 0 Å². The van der Waals surface area contributed by atoms with Crippen LogP contribution in [0.25, 0.3) is 17.2 Å². The van der Waals surface area contributed by atoms with E-state index in [0.29, 0.717) is 0 Å². The van der Waals surface area contributed by atoms with Crippen LogP contribution in [0.1, 0.15) is 16.7 Å². The molecule has 1 aliphatic carbocycles. The van der Waals surface area contributed by atoms with Crippen molar-refractivity contribution in [3.8, 4) is 11.1 Å². The van der Waals surface area contributed by atoms with Crippen LogP contribution in [-0.2, 0) is 11.0 Å². The van der Waals surface area contributed by atoms with Crippen molar-refractivity contribution in [3.63, 3.8) is 0 Å². The largest absolute Gasteiger partial charge is 0.349 e. The Labute approximate surface area is 111 Å². The van der Waals surface area contributed by atoms with Crippen molar-refractivity contribution < 1.29 is 14.4 Å². The molecule has 0 bridgehead atoms. The summed E-state index contributed by atoms with van der Waals surface area (Å²) in [5.74, 6) is 0.941. The van der Waals surface area contributed by atoms with Crippen LogP contribution in [0.5, 0.6) is 0 Å². The van der Waals surface area contributed by atoms with Crippen LogP contribution >= 0.6 is 7.60 Å². The van der Waals surface area contributed by atoms with E-state index in [1.54, 1.807) is 0 Å². The molecule has 0 fully saturated rings. The number of rotatable bonds is 2. The highest BCUT2D eigenvalue weighted by atomic mass is 31.2. The Morgan fingerprint density at radius 3 is 2.53 bits per heavy atom. The molecule has 0 atom stereocenters. The monoisotopic (exact) mass is 272 g/mol. The molecule has 19 heavy (non-hydrogen) atoms. The van der Waals surface area contributed by atoms with E-state index < -0.39 is 7.60 Å². The lowest BCUT2D eigenvalue weighted by Gasteiger charge is -2.02. The van der Waals surface area contributed by atoms with Crippen molar-refractivity contribution >= 4 is 13.7 Å². The molecule has 0 amide bonds. The number of hydrogen-bond acceptors (Lipinski definition) is 1. The quantitative estimate of drug-likeness (QED) is 0.703. The molecule has 0 saturated carbocycles. The fraction of sp³-hybridized carbons (Fsp3) is 0.0667. The Bertz CT molecular complexity index is 713. The Morgan fingerprint density at radius 1 is 1.00 bits per heavy atom. The standard InChI is InChI=1S/C15H13O3P/c16-19(17,18)8-7-11-5-6-15-13(9-11)10-12-3-1-2-4-14(12)15/h1-9H,10H2,(H2,16,17,18)/b8-7+. The van der Waals surface area contributed by atoms with Gasteiger partial charge in [0, 0.05) is 5.82 Å². The molecule has 3 rings (SSSR count). The second-order valence-electron chi connectivity index (χ2n) is 4.66. The summed E-state index contributed by atoms with van der Waals surface area (Å²) in [7, 11) is -4.09. The average molecular weight is 272 g/mol. The molecule has 0 radical (unpaired) electrons. The molecule has 0 heterocycles. The second-order valence-corrected chi connectivity index (χ2v) is 6.13. The minimum atomic E-state index is -4.09. The zero-order valence-corrected chi connectivity index (χ0v) is 11.0. The first kappa shape index (κ1) is 12.4. The van der Waals surface area contributed by atoms with E-state index in [9.17, 15) is 4.57 Å². The molecule has 0 unspecified atom stereocenters. The van der Waals surface area contributed by atoms with Crippen LogP contribution in [0.2, 0.25) is 0 Å². The zero-order chi connectivity index (χ0) is 13.5. The van der Waals surface area contributed by atoms with Gasteiger partial charge in [0.1, 0.15) is 0 Å². The van der Waals surface area contributed by atoms with E-state index >= 15 is 0 Å². The van der Waals surface area contributed by atoms with Gasteiger partial charge in [-0.25, -0.2) is 0 Å². The predicted molar refractivity (Wildman–Crippen MR) is 75.8 cm³/mol. The highest BCUT2D eigenvalue weighted by Gasteiger charge is 2.17. The first-order chi connectivity index (χ1) is 9.03. The van der Waals surface area contributed by atoms with Crippen molar-refractivity contribution in [2.45, 2.75) is 6.42 Å². The van der Waals surface area contributed by atoms with E-state index in [1.807, 2.05) is 30.3 Å². The van der Waals surface area contributed by atoms with E-state index in [2.05, 4.69) is 12.1 Å². The average Bonchev–Trinajstić information content (AvgIpc) is 2.73.